The first-order chi connectivity index (χ1) is 22.4. The lowest BCUT2D eigenvalue weighted by Crippen LogP contribution is -2.28. The predicted octanol–water partition coefficient (Wildman–Crippen LogP) is 9.73. The molecule has 0 aliphatic rings. The third-order valence-electron chi connectivity index (χ3n) is 8.31. The highest BCUT2D eigenvalue weighted by atomic mass is 32.2. The summed E-state index contributed by atoms with van der Waals surface area (Å²) in [6.07, 6.45) is 2.21. The molecule has 3 heterocycles. The van der Waals surface area contributed by atoms with Gasteiger partial charge in [-0.25, -0.2) is 4.98 Å². The van der Waals surface area contributed by atoms with Gasteiger partial charge in [-0.2, -0.15) is 0 Å². The Morgan fingerprint density at radius 3 is 2.40 bits per heavy atom. The Morgan fingerprint density at radius 1 is 0.915 bits per heavy atom. The van der Waals surface area contributed by atoms with Gasteiger partial charge >= 0.3 is 5.97 Å². The minimum atomic E-state index is -0.958. The van der Waals surface area contributed by atoms with Crippen LogP contribution < -0.4 is 4.74 Å². The van der Waals surface area contributed by atoms with Gasteiger partial charge in [-0.3, -0.25) is 9.78 Å². The zero-order chi connectivity index (χ0) is 33.3. The number of para-hydroxylation sites is 1. The number of aliphatic carboxylic acids is 1. The van der Waals surface area contributed by atoms with Crippen LogP contribution in [0.3, 0.4) is 0 Å². The van der Waals surface area contributed by atoms with E-state index in [2.05, 4.69) is 91.8 Å². The molecule has 6 aromatic rings. The molecule has 47 heavy (non-hydrogen) atoms. The lowest BCUT2D eigenvalue weighted by atomic mass is 9.88. The largest absolute Gasteiger partial charge is 0.487 e. The van der Waals surface area contributed by atoms with E-state index < -0.39 is 11.4 Å². The van der Waals surface area contributed by atoms with Crippen LogP contribution in [0.4, 0.5) is 0 Å². The molecule has 0 bridgehead atoms. The molecule has 0 fully saturated rings. The molecule has 0 saturated heterocycles. The van der Waals surface area contributed by atoms with E-state index in [0.29, 0.717) is 19.6 Å². The van der Waals surface area contributed by atoms with Crippen LogP contribution in [0.15, 0.2) is 102 Å². The van der Waals surface area contributed by atoms with Crippen LogP contribution >= 0.6 is 11.8 Å². The van der Waals surface area contributed by atoms with E-state index in [4.69, 9.17) is 9.72 Å². The first kappa shape index (κ1) is 32.3. The Kier molecular flexibility index (Phi) is 8.86. The van der Waals surface area contributed by atoms with Gasteiger partial charge in [0, 0.05) is 56.4 Å². The smallest absolute Gasteiger partial charge is 0.309 e. The van der Waals surface area contributed by atoms with Gasteiger partial charge in [0.1, 0.15) is 12.4 Å². The fourth-order valence-electron chi connectivity index (χ4n) is 5.80. The van der Waals surface area contributed by atoms with Crippen molar-refractivity contribution in [2.24, 2.45) is 5.41 Å². The summed E-state index contributed by atoms with van der Waals surface area (Å²) in [5.41, 5.74) is 7.22. The molecular weight excluding hydrogens is 603 g/mol. The van der Waals surface area contributed by atoms with E-state index in [-0.39, 0.29) is 4.75 Å². The number of aromatic nitrogens is 3. The van der Waals surface area contributed by atoms with Gasteiger partial charge < -0.3 is 14.4 Å². The van der Waals surface area contributed by atoms with Crippen molar-refractivity contribution >= 4 is 39.5 Å². The molecule has 0 unspecified atom stereocenters. The molecule has 3 aromatic carbocycles. The summed E-state index contributed by atoms with van der Waals surface area (Å²) in [6.45, 7) is 13.2. The van der Waals surface area contributed by atoms with Crippen molar-refractivity contribution in [3.63, 3.8) is 0 Å². The molecule has 1 N–H and O–H groups in total. The third-order valence-corrected chi connectivity index (χ3v) is 9.58. The number of fused-ring (bicyclic) bond motifs is 2. The molecule has 3 aromatic heterocycles. The molecule has 0 atom stereocenters. The van der Waals surface area contributed by atoms with Gasteiger partial charge in [0.25, 0.3) is 0 Å². The van der Waals surface area contributed by atoms with Crippen LogP contribution in [0.25, 0.3) is 33.1 Å². The van der Waals surface area contributed by atoms with E-state index in [1.165, 1.54) is 0 Å². The van der Waals surface area contributed by atoms with E-state index >= 15 is 0 Å². The number of pyridine rings is 2. The lowest BCUT2D eigenvalue weighted by Gasteiger charge is -2.24. The van der Waals surface area contributed by atoms with Crippen molar-refractivity contribution in [1.82, 2.24) is 14.5 Å². The number of benzene rings is 3. The second-order valence-electron chi connectivity index (χ2n) is 13.8. The van der Waals surface area contributed by atoms with Crippen molar-refractivity contribution < 1.29 is 14.6 Å². The van der Waals surface area contributed by atoms with Crippen molar-refractivity contribution in [3.8, 4) is 17.0 Å². The van der Waals surface area contributed by atoms with Crippen LogP contribution in [-0.4, -0.2) is 30.4 Å². The molecule has 6 nitrogen and oxygen atoms in total. The van der Waals surface area contributed by atoms with Crippen molar-refractivity contribution in [1.29, 1.82) is 0 Å². The molecule has 0 aliphatic heterocycles. The predicted molar refractivity (Wildman–Crippen MR) is 192 cm³/mol. The summed E-state index contributed by atoms with van der Waals surface area (Å²) in [7, 11) is 0. The Bertz CT molecular complexity index is 2070. The number of thioether (sulfide) groups is 1. The minimum absolute atomic E-state index is 0.102. The second kappa shape index (κ2) is 12.9. The highest BCUT2D eigenvalue weighted by molar-refractivity contribution is 8.00. The van der Waals surface area contributed by atoms with Crippen molar-refractivity contribution in [2.75, 3.05) is 0 Å². The Morgan fingerprint density at radius 2 is 1.68 bits per heavy atom. The molecule has 0 amide bonds. The average Bonchev–Trinajstić information content (AvgIpc) is 3.29. The van der Waals surface area contributed by atoms with Crippen molar-refractivity contribution in [3.05, 3.63) is 120 Å². The summed E-state index contributed by atoms with van der Waals surface area (Å²) < 4.78 is 8.52. The van der Waals surface area contributed by atoms with E-state index in [9.17, 15) is 9.90 Å². The number of nitrogens with zero attached hydrogens (tertiary/aromatic N) is 3. The van der Waals surface area contributed by atoms with E-state index in [1.54, 1.807) is 25.6 Å². The molecule has 0 radical (unpaired) electrons. The quantitative estimate of drug-likeness (QED) is 0.150. The van der Waals surface area contributed by atoms with Crippen LogP contribution in [0.5, 0.6) is 5.75 Å². The topological polar surface area (TPSA) is 77.2 Å². The number of ether oxygens (including phenoxy) is 1. The third kappa shape index (κ3) is 7.20. The number of hydrogen-bond acceptors (Lipinski definition) is 5. The van der Waals surface area contributed by atoms with Crippen LogP contribution in [-0.2, 0) is 24.4 Å². The van der Waals surface area contributed by atoms with Gasteiger partial charge in [-0.15, -0.1) is 11.8 Å². The van der Waals surface area contributed by atoms with Gasteiger partial charge in [0.2, 0.25) is 0 Å². The summed E-state index contributed by atoms with van der Waals surface area (Å²) in [5, 5.41) is 12.3. The number of carbonyl (C=O) groups is 1. The molecular formula is C40H41N3O3S. The van der Waals surface area contributed by atoms with Crippen LogP contribution in [0.1, 0.15) is 57.1 Å². The summed E-state index contributed by atoms with van der Waals surface area (Å²) in [5.74, 6) is -0.0671. The summed E-state index contributed by atoms with van der Waals surface area (Å²) in [6, 6.07) is 30.9. The first-order valence-electron chi connectivity index (χ1n) is 15.9. The molecule has 6 rings (SSSR count). The molecule has 7 heteroatoms. The Hall–Kier alpha value is -4.62. The Balaban J connectivity index is 1.40. The minimum Gasteiger partial charge on any atom is -0.487 e. The SMILES string of the molecule is Cc1cccnc1-c1ccc(Cn2c(CC(C)(C)C(=O)O)c(SC(C)(C)C)c3cc(OCc4ccc5ccccc5n4)ccc32)cc1. The molecule has 0 aliphatic carbocycles. The van der Waals surface area contributed by atoms with E-state index in [1.807, 2.05) is 42.6 Å². The number of carboxylic acid groups (broad SMARTS) is 1. The number of rotatable bonds is 10. The second-order valence-corrected chi connectivity index (χ2v) is 15.6. The summed E-state index contributed by atoms with van der Waals surface area (Å²) >= 11 is 1.78. The first-order valence-corrected chi connectivity index (χ1v) is 16.8. The maximum atomic E-state index is 12.4. The fourth-order valence-corrected chi connectivity index (χ4v) is 6.99. The maximum Gasteiger partial charge on any atom is 0.309 e. The average molecular weight is 644 g/mol. The highest BCUT2D eigenvalue weighted by Crippen LogP contribution is 2.44. The maximum absolute atomic E-state index is 12.4. The molecule has 0 saturated carbocycles. The monoisotopic (exact) mass is 643 g/mol. The zero-order valence-electron chi connectivity index (χ0n) is 27.9. The number of aryl methyl sites for hydroxylation is 1. The van der Waals surface area contributed by atoms with Gasteiger partial charge in [-0.1, -0.05) is 75.4 Å². The highest BCUT2D eigenvalue weighted by Gasteiger charge is 2.33. The van der Waals surface area contributed by atoms with Gasteiger partial charge in [-0.05, 0) is 68.3 Å². The van der Waals surface area contributed by atoms with Crippen LogP contribution in [0.2, 0.25) is 0 Å². The fraction of sp³-hybridized carbons (Fsp3) is 0.275. The lowest BCUT2D eigenvalue weighted by molar-refractivity contribution is -0.146. The van der Waals surface area contributed by atoms with Gasteiger partial charge in [0.15, 0.2) is 0 Å². The van der Waals surface area contributed by atoms with Gasteiger partial charge in [0.05, 0.1) is 22.3 Å². The van der Waals surface area contributed by atoms with Crippen LogP contribution in [0, 0.1) is 12.3 Å². The van der Waals surface area contributed by atoms with Crippen molar-refractivity contribution in [2.45, 2.75) is 70.8 Å². The normalized spacial score (nSPS) is 12.1. The zero-order valence-corrected chi connectivity index (χ0v) is 28.7. The Labute approximate surface area is 280 Å². The van der Waals surface area contributed by atoms with E-state index in [0.717, 1.165) is 66.2 Å². The summed E-state index contributed by atoms with van der Waals surface area (Å²) in [4.78, 5) is 22.9. The number of carboxylic acids is 1. The molecule has 0 spiro atoms. The standard InChI is InChI=1S/C40H41N3O3S/c1-26-10-9-21-41-36(26)29-15-13-27(14-16-29)24-43-34-20-19-31(46-25-30-18-17-28-11-7-8-12-33(28)42-30)22-32(34)37(47-39(2,3)4)35(43)23-40(5,6)38(44)45/h7-22H,23-25H2,1-6H3,(H,44,45). The number of hydrogen-bond donors (Lipinski definition) is 1. The molecule has 240 valence electrons.